The molecule has 0 bridgehead atoms. The second kappa shape index (κ2) is 5.02. The normalized spacial score (nSPS) is 23.5. The van der Waals surface area contributed by atoms with Gasteiger partial charge < -0.3 is 15.0 Å². The molecular formula is C12H13FN4O2. The highest BCUT2D eigenvalue weighted by molar-refractivity contribution is 5.47. The molecule has 19 heavy (non-hydrogen) atoms. The summed E-state index contributed by atoms with van der Waals surface area (Å²) >= 11 is 0. The van der Waals surface area contributed by atoms with Crippen molar-refractivity contribution in [2.45, 2.75) is 18.4 Å². The molecule has 7 heteroatoms. The Morgan fingerprint density at radius 1 is 1.37 bits per heavy atom. The van der Waals surface area contributed by atoms with Gasteiger partial charge in [-0.3, -0.25) is 0 Å². The van der Waals surface area contributed by atoms with Crippen molar-refractivity contribution in [2.24, 2.45) is 5.73 Å². The summed E-state index contributed by atoms with van der Waals surface area (Å²) in [4.78, 5) is 8.17. The number of nitrogens with zero attached hydrogens (tertiary/aromatic N) is 3. The smallest absolute Gasteiger partial charge is 0.234 e. The number of ether oxygens (including phenoxy) is 1. The molecule has 1 aliphatic rings. The molecule has 0 aromatic carbocycles. The molecule has 100 valence electrons. The summed E-state index contributed by atoms with van der Waals surface area (Å²) in [6, 6.07) is 2.75. The van der Waals surface area contributed by atoms with Crippen molar-refractivity contribution in [3.63, 3.8) is 0 Å². The van der Waals surface area contributed by atoms with Crippen LogP contribution in [-0.4, -0.2) is 34.4 Å². The minimum atomic E-state index is -0.407. The predicted octanol–water partition coefficient (Wildman–Crippen LogP) is 1.10. The number of halogens is 1. The lowest BCUT2D eigenvalue weighted by Crippen LogP contribution is -2.37. The predicted molar refractivity (Wildman–Crippen MR) is 63.6 cm³/mol. The maximum absolute atomic E-state index is 12.8. The largest absolute Gasteiger partial charge is 0.381 e. The molecule has 6 nitrogen and oxygen atoms in total. The average Bonchev–Trinajstić information content (AvgIpc) is 2.89. The summed E-state index contributed by atoms with van der Waals surface area (Å²) in [6.07, 6.45) is 1.87. The van der Waals surface area contributed by atoms with E-state index in [4.69, 9.17) is 15.0 Å². The Morgan fingerprint density at radius 3 is 3.00 bits per heavy atom. The van der Waals surface area contributed by atoms with Gasteiger partial charge in [0.1, 0.15) is 11.5 Å². The summed E-state index contributed by atoms with van der Waals surface area (Å²) < 4.78 is 23.4. The molecule has 2 aromatic heterocycles. The second-order valence-electron chi connectivity index (χ2n) is 4.45. The number of aromatic nitrogens is 3. The Bertz CT molecular complexity index is 557. The Labute approximate surface area is 108 Å². The van der Waals surface area contributed by atoms with Crippen molar-refractivity contribution in [3.8, 4) is 11.5 Å². The summed E-state index contributed by atoms with van der Waals surface area (Å²) in [5.74, 6) is 0.256. The quantitative estimate of drug-likeness (QED) is 0.874. The molecule has 1 aliphatic heterocycles. The third kappa shape index (κ3) is 2.47. The van der Waals surface area contributed by atoms with Gasteiger partial charge in [0.2, 0.25) is 11.7 Å². The molecule has 2 N–H and O–H groups in total. The molecule has 0 amide bonds. The number of hydrogen-bond donors (Lipinski definition) is 1. The van der Waals surface area contributed by atoms with Crippen LogP contribution in [0.3, 0.4) is 0 Å². The van der Waals surface area contributed by atoms with E-state index in [1.54, 1.807) is 0 Å². The van der Waals surface area contributed by atoms with E-state index in [1.807, 2.05) is 0 Å². The van der Waals surface area contributed by atoms with Gasteiger partial charge in [0.05, 0.1) is 18.7 Å². The summed E-state index contributed by atoms with van der Waals surface area (Å²) in [5.41, 5.74) is 6.47. The molecule has 2 atom stereocenters. The highest BCUT2D eigenvalue weighted by atomic mass is 19.1. The van der Waals surface area contributed by atoms with Crippen LogP contribution in [0.15, 0.2) is 22.9 Å². The van der Waals surface area contributed by atoms with Gasteiger partial charge in [-0.2, -0.15) is 4.98 Å². The van der Waals surface area contributed by atoms with Gasteiger partial charge in [0, 0.05) is 12.6 Å². The van der Waals surface area contributed by atoms with Crippen molar-refractivity contribution in [3.05, 3.63) is 30.0 Å². The first kappa shape index (κ1) is 12.2. The van der Waals surface area contributed by atoms with Crippen LogP contribution in [0.4, 0.5) is 4.39 Å². The molecule has 2 unspecified atom stereocenters. The highest BCUT2D eigenvalue weighted by Crippen LogP contribution is 2.25. The Morgan fingerprint density at radius 2 is 2.26 bits per heavy atom. The van der Waals surface area contributed by atoms with E-state index in [-0.39, 0.29) is 12.0 Å². The van der Waals surface area contributed by atoms with Gasteiger partial charge in [-0.25, -0.2) is 9.37 Å². The number of hydrogen-bond acceptors (Lipinski definition) is 6. The first-order valence-electron chi connectivity index (χ1n) is 6.03. The zero-order valence-corrected chi connectivity index (χ0v) is 10.1. The monoisotopic (exact) mass is 264 g/mol. The third-order valence-corrected chi connectivity index (χ3v) is 3.13. The molecule has 0 aliphatic carbocycles. The average molecular weight is 264 g/mol. The van der Waals surface area contributed by atoms with E-state index in [9.17, 15) is 4.39 Å². The Balaban J connectivity index is 1.84. The minimum absolute atomic E-state index is 0.0526. The molecule has 2 aromatic rings. The molecule has 1 fully saturated rings. The Kier molecular flexibility index (Phi) is 3.22. The van der Waals surface area contributed by atoms with E-state index >= 15 is 0 Å². The summed E-state index contributed by atoms with van der Waals surface area (Å²) in [5, 5.41) is 3.84. The van der Waals surface area contributed by atoms with Crippen LogP contribution in [0.1, 0.15) is 18.2 Å². The van der Waals surface area contributed by atoms with Crippen LogP contribution < -0.4 is 5.73 Å². The fourth-order valence-corrected chi connectivity index (χ4v) is 2.01. The Hall–Kier alpha value is -1.86. The van der Waals surface area contributed by atoms with E-state index in [0.717, 1.165) is 12.6 Å². The summed E-state index contributed by atoms with van der Waals surface area (Å²) in [6.45, 7) is 1.12. The maximum atomic E-state index is 12.8. The van der Waals surface area contributed by atoms with Gasteiger partial charge >= 0.3 is 0 Å². The summed E-state index contributed by atoms with van der Waals surface area (Å²) in [7, 11) is 0. The molecule has 0 radical (unpaired) electrons. The SMILES string of the molecule is NC1CCOCC1c1nc(-c2ccc(F)cn2)no1. The van der Waals surface area contributed by atoms with Gasteiger partial charge in [-0.1, -0.05) is 5.16 Å². The molecule has 0 spiro atoms. The third-order valence-electron chi connectivity index (χ3n) is 3.13. The van der Waals surface area contributed by atoms with Crippen molar-refractivity contribution in [1.82, 2.24) is 15.1 Å². The van der Waals surface area contributed by atoms with Gasteiger partial charge in [0.15, 0.2) is 0 Å². The molecule has 0 saturated carbocycles. The molecule has 3 heterocycles. The van der Waals surface area contributed by atoms with Crippen molar-refractivity contribution < 1.29 is 13.7 Å². The number of nitrogens with two attached hydrogens (primary N) is 1. The topological polar surface area (TPSA) is 87.1 Å². The van der Waals surface area contributed by atoms with E-state index < -0.39 is 5.82 Å². The fourth-order valence-electron chi connectivity index (χ4n) is 2.01. The van der Waals surface area contributed by atoms with E-state index in [2.05, 4.69) is 15.1 Å². The van der Waals surface area contributed by atoms with Gasteiger partial charge in [0.25, 0.3) is 0 Å². The van der Waals surface area contributed by atoms with Crippen LogP contribution in [0.25, 0.3) is 11.5 Å². The molecule has 3 rings (SSSR count). The van der Waals surface area contributed by atoms with Crippen LogP contribution in [0.2, 0.25) is 0 Å². The number of pyridine rings is 1. The standard InChI is InChI=1S/C12H13FN4O2/c13-7-1-2-10(15-5-7)11-16-12(19-17-11)8-6-18-4-3-9(8)14/h1-2,5,8-9H,3-4,6,14H2. The zero-order chi connectivity index (χ0) is 13.2. The zero-order valence-electron chi connectivity index (χ0n) is 10.1. The molecular weight excluding hydrogens is 251 g/mol. The van der Waals surface area contributed by atoms with E-state index in [1.165, 1.54) is 12.1 Å². The van der Waals surface area contributed by atoms with E-state index in [0.29, 0.717) is 30.6 Å². The second-order valence-corrected chi connectivity index (χ2v) is 4.45. The maximum Gasteiger partial charge on any atom is 0.234 e. The lowest BCUT2D eigenvalue weighted by molar-refractivity contribution is 0.0590. The van der Waals surface area contributed by atoms with Crippen molar-refractivity contribution in [2.75, 3.05) is 13.2 Å². The number of rotatable bonds is 2. The van der Waals surface area contributed by atoms with Gasteiger partial charge in [-0.05, 0) is 18.6 Å². The molecule has 1 saturated heterocycles. The van der Waals surface area contributed by atoms with Gasteiger partial charge in [-0.15, -0.1) is 0 Å². The first-order valence-corrected chi connectivity index (χ1v) is 6.03. The van der Waals surface area contributed by atoms with Crippen LogP contribution in [0, 0.1) is 5.82 Å². The van der Waals surface area contributed by atoms with Crippen molar-refractivity contribution in [1.29, 1.82) is 0 Å². The lowest BCUT2D eigenvalue weighted by atomic mass is 9.97. The van der Waals surface area contributed by atoms with Crippen LogP contribution in [0.5, 0.6) is 0 Å². The van der Waals surface area contributed by atoms with Crippen LogP contribution in [-0.2, 0) is 4.74 Å². The highest BCUT2D eigenvalue weighted by Gasteiger charge is 2.29. The minimum Gasteiger partial charge on any atom is -0.381 e. The lowest BCUT2D eigenvalue weighted by Gasteiger charge is -2.25. The fraction of sp³-hybridized carbons (Fsp3) is 0.417. The first-order chi connectivity index (χ1) is 9.24. The van der Waals surface area contributed by atoms with Crippen molar-refractivity contribution >= 4 is 0 Å². The van der Waals surface area contributed by atoms with Crippen LogP contribution >= 0.6 is 0 Å².